The summed E-state index contributed by atoms with van der Waals surface area (Å²) in [5, 5.41) is 4.98. The second-order valence-electron chi connectivity index (χ2n) is 15.3. The van der Waals surface area contributed by atoms with Gasteiger partial charge in [0.25, 0.3) is 0 Å². The van der Waals surface area contributed by atoms with Crippen molar-refractivity contribution in [3.05, 3.63) is 243 Å². The predicted molar refractivity (Wildman–Crippen MR) is 255 cm³/mol. The van der Waals surface area contributed by atoms with Crippen LogP contribution in [-0.4, -0.2) is 4.57 Å². The molecule has 60 heavy (non-hydrogen) atoms. The van der Waals surface area contributed by atoms with Crippen molar-refractivity contribution in [1.29, 1.82) is 0 Å². The lowest BCUT2D eigenvalue weighted by atomic mass is 9.94. The van der Waals surface area contributed by atoms with Gasteiger partial charge in [0, 0.05) is 22.1 Å². The van der Waals surface area contributed by atoms with Gasteiger partial charge in [-0.05, 0) is 116 Å². The fourth-order valence-corrected chi connectivity index (χ4v) is 8.92. The molecule has 0 aliphatic rings. The average molecular weight is 765 g/mol. The highest BCUT2D eigenvalue weighted by Crippen LogP contribution is 2.44. The third-order valence-corrected chi connectivity index (χ3v) is 11.8. The molecule has 2 nitrogen and oxygen atoms in total. The van der Waals surface area contributed by atoms with Gasteiger partial charge in [-0.1, -0.05) is 182 Å². The molecule has 0 N–H and O–H groups in total. The first kappa shape index (κ1) is 35.2. The summed E-state index contributed by atoms with van der Waals surface area (Å²) in [7, 11) is 0. The van der Waals surface area contributed by atoms with Gasteiger partial charge in [0.15, 0.2) is 0 Å². The maximum Gasteiger partial charge on any atom is 0.0702 e. The molecule has 0 bridgehead atoms. The summed E-state index contributed by atoms with van der Waals surface area (Å²) in [6.45, 7) is 0. The molecule has 0 amide bonds. The molecule has 0 unspecified atom stereocenters. The Morgan fingerprint density at radius 1 is 0.283 bits per heavy atom. The van der Waals surface area contributed by atoms with Crippen molar-refractivity contribution in [2.45, 2.75) is 0 Å². The number of benzene rings is 10. The maximum atomic E-state index is 2.42. The highest BCUT2D eigenvalue weighted by atomic mass is 15.2. The Bertz CT molecular complexity index is 3270. The Kier molecular flexibility index (Phi) is 8.87. The van der Waals surface area contributed by atoms with Crippen LogP contribution in [0.3, 0.4) is 0 Å². The Balaban J connectivity index is 1.06. The van der Waals surface area contributed by atoms with E-state index in [0.29, 0.717) is 0 Å². The molecule has 0 aliphatic carbocycles. The Morgan fingerprint density at radius 2 is 0.817 bits per heavy atom. The summed E-state index contributed by atoms with van der Waals surface area (Å²) < 4.78 is 2.42. The molecule has 0 saturated heterocycles. The second-order valence-corrected chi connectivity index (χ2v) is 15.3. The van der Waals surface area contributed by atoms with Crippen molar-refractivity contribution in [2.24, 2.45) is 0 Å². The highest BCUT2D eigenvalue weighted by Gasteiger charge is 2.21. The predicted octanol–water partition coefficient (Wildman–Crippen LogP) is 16.1. The van der Waals surface area contributed by atoms with Crippen molar-refractivity contribution in [3.8, 4) is 50.2 Å². The molecule has 1 aromatic heterocycles. The largest absolute Gasteiger partial charge is 0.308 e. The molecule has 11 rings (SSSR count). The Morgan fingerprint density at radius 3 is 1.58 bits per heavy atom. The molecular weight excluding hydrogens is 725 g/mol. The summed E-state index contributed by atoms with van der Waals surface area (Å²) in [5.41, 5.74) is 16.3. The van der Waals surface area contributed by atoms with Crippen molar-refractivity contribution >= 4 is 49.6 Å². The summed E-state index contributed by atoms with van der Waals surface area (Å²) in [6.07, 6.45) is 0. The minimum atomic E-state index is 1.08. The van der Waals surface area contributed by atoms with Crippen LogP contribution in [0.5, 0.6) is 0 Å². The van der Waals surface area contributed by atoms with Crippen molar-refractivity contribution in [3.63, 3.8) is 0 Å². The van der Waals surface area contributed by atoms with E-state index in [0.717, 1.165) is 28.3 Å². The normalized spacial score (nSPS) is 11.3. The van der Waals surface area contributed by atoms with Gasteiger partial charge in [0.1, 0.15) is 0 Å². The summed E-state index contributed by atoms with van der Waals surface area (Å²) in [5.74, 6) is 0. The number of anilines is 3. The third kappa shape index (κ3) is 6.32. The highest BCUT2D eigenvalue weighted by molar-refractivity contribution is 6.10. The van der Waals surface area contributed by atoms with Crippen LogP contribution >= 0.6 is 0 Å². The molecule has 10 aromatic carbocycles. The van der Waals surface area contributed by atoms with Crippen LogP contribution in [0.4, 0.5) is 17.1 Å². The Hall–Kier alpha value is -7.94. The molecule has 0 aliphatic heterocycles. The van der Waals surface area contributed by atoms with Gasteiger partial charge < -0.3 is 9.47 Å². The number of hydrogen-bond donors (Lipinski definition) is 0. The number of hydrogen-bond acceptors (Lipinski definition) is 1. The first-order valence-electron chi connectivity index (χ1n) is 20.6. The maximum absolute atomic E-state index is 2.42. The van der Waals surface area contributed by atoms with E-state index in [4.69, 9.17) is 0 Å². The van der Waals surface area contributed by atoms with Gasteiger partial charge in [-0.3, -0.25) is 0 Å². The SMILES string of the molecule is c1ccc(-c2ccccc2-c2cccc(N(c3ccc(-c4cccc(-c5ccc6ccccc6c5)c4)cc3)c3ccccc3-n3c4ccccc4c4ccccc43)c2)cc1. The van der Waals surface area contributed by atoms with Crippen LogP contribution < -0.4 is 4.90 Å². The molecule has 11 aromatic rings. The van der Waals surface area contributed by atoms with E-state index in [1.807, 2.05) is 0 Å². The van der Waals surface area contributed by atoms with E-state index in [1.165, 1.54) is 71.5 Å². The summed E-state index contributed by atoms with van der Waals surface area (Å²) in [6, 6.07) is 87.9. The molecule has 1 heterocycles. The van der Waals surface area contributed by atoms with E-state index in [1.54, 1.807) is 0 Å². The van der Waals surface area contributed by atoms with Gasteiger partial charge in [-0.2, -0.15) is 0 Å². The Labute approximate surface area is 350 Å². The minimum Gasteiger partial charge on any atom is -0.308 e. The molecule has 282 valence electrons. The van der Waals surface area contributed by atoms with E-state index in [-0.39, 0.29) is 0 Å². The topological polar surface area (TPSA) is 8.17 Å². The molecule has 0 fully saturated rings. The number of fused-ring (bicyclic) bond motifs is 4. The number of aromatic nitrogens is 1. The van der Waals surface area contributed by atoms with Crippen LogP contribution in [0.2, 0.25) is 0 Å². The monoisotopic (exact) mass is 764 g/mol. The standard InChI is InChI=1S/C58H40N2/c1-2-17-43(18-3-1)51-24-6-7-25-52(51)48-22-15-23-50(40-48)59(57-30-12-13-31-58(57)60-55-28-10-8-26-53(55)54-27-9-11-29-56(54)60)49-36-34-42(35-37-49)45-20-14-21-46(38-45)47-33-32-41-16-4-5-19-44(41)39-47/h1-40H. The van der Waals surface area contributed by atoms with Gasteiger partial charge in [-0.15, -0.1) is 0 Å². The van der Waals surface area contributed by atoms with Crippen LogP contribution in [0, 0.1) is 0 Å². The molecule has 2 heteroatoms. The first-order valence-corrected chi connectivity index (χ1v) is 20.6. The lowest BCUT2D eigenvalue weighted by Gasteiger charge is -2.29. The van der Waals surface area contributed by atoms with Crippen LogP contribution in [0.25, 0.3) is 82.8 Å². The van der Waals surface area contributed by atoms with Crippen molar-refractivity contribution in [2.75, 3.05) is 4.90 Å². The third-order valence-electron chi connectivity index (χ3n) is 11.8. The number of rotatable bonds is 8. The lowest BCUT2D eigenvalue weighted by molar-refractivity contribution is 1.15. The summed E-state index contributed by atoms with van der Waals surface area (Å²) >= 11 is 0. The van der Waals surface area contributed by atoms with Crippen LogP contribution in [0.15, 0.2) is 243 Å². The van der Waals surface area contributed by atoms with Gasteiger partial charge in [0.2, 0.25) is 0 Å². The molecule has 0 saturated carbocycles. The van der Waals surface area contributed by atoms with E-state index in [2.05, 4.69) is 252 Å². The zero-order valence-electron chi connectivity index (χ0n) is 33.0. The van der Waals surface area contributed by atoms with E-state index < -0.39 is 0 Å². The number of para-hydroxylation sites is 4. The molecular formula is C58H40N2. The van der Waals surface area contributed by atoms with Gasteiger partial charge >= 0.3 is 0 Å². The van der Waals surface area contributed by atoms with Crippen LogP contribution in [-0.2, 0) is 0 Å². The summed E-state index contributed by atoms with van der Waals surface area (Å²) in [4.78, 5) is 2.42. The first-order chi connectivity index (χ1) is 29.8. The zero-order valence-corrected chi connectivity index (χ0v) is 33.0. The van der Waals surface area contributed by atoms with Crippen molar-refractivity contribution in [1.82, 2.24) is 4.57 Å². The van der Waals surface area contributed by atoms with E-state index >= 15 is 0 Å². The van der Waals surface area contributed by atoms with E-state index in [9.17, 15) is 0 Å². The quantitative estimate of drug-likeness (QED) is 0.150. The smallest absolute Gasteiger partial charge is 0.0702 e. The molecule has 0 radical (unpaired) electrons. The minimum absolute atomic E-state index is 1.08. The lowest BCUT2D eigenvalue weighted by Crippen LogP contribution is -2.13. The van der Waals surface area contributed by atoms with Crippen LogP contribution in [0.1, 0.15) is 0 Å². The fraction of sp³-hybridized carbons (Fsp3) is 0. The number of nitrogens with zero attached hydrogens (tertiary/aromatic N) is 2. The van der Waals surface area contributed by atoms with Gasteiger partial charge in [0.05, 0.1) is 22.4 Å². The zero-order chi connectivity index (χ0) is 39.8. The molecule has 0 spiro atoms. The van der Waals surface area contributed by atoms with Gasteiger partial charge in [-0.25, -0.2) is 0 Å². The average Bonchev–Trinajstić information content (AvgIpc) is 3.66. The second kappa shape index (κ2) is 15.1. The molecule has 0 atom stereocenters. The van der Waals surface area contributed by atoms with Crippen molar-refractivity contribution < 1.29 is 0 Å². The fourth-order valence-electron chi connectivity index (χ4n) is 8.92.